The summed E-state index contributed by atoms with van der Waals surface area (Å²) in [6.07, 6.45) is 8.01. The summed E-state index contributed by atoms with van der Waals surface area (Å²) in [5, 5.41) is 3.57. The minimum absolute atomic E-state index is 0.0678. The van der Waals surface area contributed by atoms with Gasteiger partial charge in [-0.1, -0.05) is 57.2 Å². The molecule has 0 heterocycles. The first-order chi connectivity index (χ1) is 8.75. The first kappa shape index (κ1) is 15.4. The summed E-state index contributed by atoms with van der Waals surface area (Å²) in [7, 11) is 0. The highest BCUT2D eigenvalue weighted by Gasteiger charge is 2.06. The maximum absolute atomic E-state index is 6.17. The Labute approximate surface area is 117 Å². The summed E-state index contributed by atoms with van der Waals surface area (Å²) < 4.78 is 0. The number of nitrogens with one attached hydrogen (secondary N) is 1. The Morgan fingerprint density at radius 2 is 1.72 bits per heavy atom. The number of hydrogen-bond donors (Lipinski definition) is 1. The summed E-state index contributed by atoms with van der Waals surface area (Å²) in [6, 6.07) is 8.32. The molecule has 1 atom stereocenters. The van der Waals surface area contributed by atoms with E-state index in [9.17, 15) is 0 Å². The largest absolute Gasteiger partial charge is 0.385 e. The summed E-state index contributed by atoms with van der Waals surface area (Å²) in [5.41, 5.74) is 2.39. The number of alkyl halides is 1. The lowest BCUT2D eigenvalue weighted by Gasteiger charge is -2.13. The van der Waals surface area contributed by atoms with Gasteiger partial charge in [0.25, 0.3) is 0 Å². The van der Waals surface area contributed by atoms with Crippen LogP contribution in [0.4, 0.5) is 5.69 Å². The van der Waals surface area contributed by atoms with Gasteiger partial charge in [0.05, 0.1) is 5.38 Å². The van der Waals surface area contributed by atoms with E-state index in [1.54, 1.807) is 0 Å². The molecule has 1 aromatic carbocycles. The van der Waals surface area contributed by atoms with Gasteiger partial charge in [-0.2, -0.15) is 0 Å². The van der Waals surface area contributed by atoms with Gasteiger partial charge >= 0.3 is 0 Å². The molecule has 0 aromatic heterocycles. The first-order valence-electron chi connectivity index (χ1n) is 7.22. The van der Waals surface area contributed by atoms with Crippen molar-refractivity contribution in [1.29, 1.82) is 0 Å². The average Bonchev–Trinajstić information content (AvgIpc) is 2.38. The van der Waals surface area contributed by atoms with E-state index in [4.69, 9.17) is 11.6 Å². The van der Waals surface area contributed by atoms with Gasteiger partial charge in [0.2, 0.25) is 0 Å². The molecule has 2 heteroatoms. The van der Waals surface area contributed by atoms with E-state index >= 15 is 0 Å². The van der Waals surface area contributed by atoms with Gasteiger partial charge < -0.3 is 5.32 Å². The van der Waals surface area contributed by atoms with Gasteiger partial charge in [0.15, 0.2) is 0 Å². The normalized spacial score (nSPS) is 12.4. The van der Waals surface area contributed by atoms with Crippen LogP contribution < -0.4 is 5.32 Å². The Balaban J connectivity index is 2.23. The number of anilines is 1. The number of benzene rings is 1. The molecule has 1 N–H and O–H groups in total. The smallest absolute Gasteiger partial charge is 0.0577 e. The first-order valence-corrected chi connectivity index (χ1v) is 7.66. The summed E-state index contributed by atoms with van der Waals surface area (Å²) in [6.45, 7) is 5.32. The van der Waals surface area contributed by atoms with E-state index in [1.165, 1.54) is 49.8 Å². The zero-order chi connectivity index (χ0) is 13.2. The van der Waals surface area contributed by atoms with Crippen molar-refractivity contribution >= 4 is 17.3 Å². The molecule has 0 saturated carbocycles. The molecular weight excluding hydrogens is 242 g/mol. The lowest BCUT2D eigenvalue weighted by molar-refractivity contribution is 0.617. The van der Waals surface area contributed by atoms with Crippen molar-refractivity contribution in [1.82, 2.24) is 0 Å². The van der Waals surface area contributed by atoms with Crippen LogP contribution in [0.25, 0.3) is 0 Å². The molecule has 0 aliphatic rings. The lowest BCUT2D eigenvalue weighted by Crippen LogP contribution is -2.04. The van der Waals surface area contributed by atoms with Gasteiger partial charge in [-0.05, 0) is 25.0 Å². The molecule has 0 bridgehead atoms. The van der Waals surface area contributed by atoms with Crippen LogP contribution in [0.2, 0.25) is 0 Å². The quantitative estimate of drug-likeness (QED) is 0.443. The highest BCUT2D eigenvalue weighted by atomic mass is 35.5. The molecule has 18 heavy (non-hydrogen) atoms. The molecule has 0 fully saturated rings. The Kier molecular flexibility index (Phi) is 7.91. The minimum Gasteiger partial charge on any atom is -0.385 e. The van der Waals surface area contributed by atoms with Crippen molar-refractivity contribution in [2.45, 2.75) is 57.7 Å². The highest BCUT2D eigenvalue weighted by Crippen LogP contribution is 2.26. The van der Waals surface area contributed by atoms with Crippen LogP contribution in [0.3, 0.4) is 0 Å². The van der Waals surface area contributed by atoms with Crippen LogP contribution in [0.5, 0.6) is 0 Å². The van der Waals surface area contributed by atoms with Crippen LogP contribution >= 0.6 is 11.6 Å². The number of halogens is 1. The predicted molar refractivity (Wildman–Crippen MR) is 82.6 cm³/mol. The lowest BCUT2D eigenvalue weighted by atomic mass is 10.1. The third kappa shape index (κ3) is 5.77. The fourth-order valence-corrected chi connectivity index (χ4v) is 2.32. The van der Waals surface area contributed by atoms with Gasteiger partial charge in [0, 0.05) is 12.2 Å². The third-order valence-electron chi connectivity index (χ3n) is 3.24. The number of hydrogen-bond acceptors (Lipinski definition) is 1. The topological polar surface area (TPSA) is 12.0 Å². The zero-order valence-electron chi connectivity index (χ0n) is 11.7. The molecular formula is C16H26ClN. The van der Waals surface area contributed by atoms with Gasteiger partial charge in [-0.25, -0.2) is 0 Å². The van der Waals surface area contributed by atoms with Crippen molar-refractivity contribution in [3.8, 4) is 0 Å². The van der Waals surface area contributed by atoms with Crippen molar-refractivity contribution in [2.24, 2.45) is 0 Å². The maximum Gasteiger partial charge on any atom is 0.0577 e. The molecule has 1 nitrogen and oxygen atoms in total. The average molecular weight is 268 g/mol. The zero-order valence-corrected chi connectivity index (χ0v) is 12.5. The molecule has 1 unspecified atom stereocenters. The highest BCUT2D eigenvalue weighted by molar-refractivity contribution is 6.21. The Bertz CT molecular complexity index is 323. The van der Waals surface area contributed by atoms with E-state index in [2.05, 4.69) is 30.4 Å². The summed E-state index contributed by atoms with van der Waals surface area (Å²) in [4.78, 5) is 0. The number of unbranched alkanes of at least 4 members (excludes halogenated alkanes) is 5. The van der Waals surface area contributed by atoms with Crippen molar-refractivity contribution in [2.75, 3.05) is 11.9 Å². The predicted octanol–water partition coefficient (Wildman–Crippen LogP) is 5.76. The molecule has 0 radical (unpaired) electrons. The van der Waals surface area contributed by atoms with Crippen molar-refractivity contribution in [3.05, 3.63) is 29.8 Å². The monoisotopic (exact) mass is 267 g/mol. The summed E-state index contributed by atoms with van der Waals surface area (Å²) >= 11 is 6.17. The fourth-order valence-electron chi connectivity index (χ4n) is 2.13. The molecule has 1 aromatic rings. The van der Waals surface area contributed by atoms with Crippen molar-refractivity contribution in [3.63, 3.8) is 0 Å². The minimum atomic E-state index is 0.0678. The number of para-hydroxylation sites is 1. The van der Waals surface area contributed by atoms with Crippen LogP contribution in [-0.2, 0) is 0 Å². The Hall–Kier alpha value is -0.690. The second kappa shape index (κ2) is 9.27. The Morgan fingerprint density at radius 3 is 2.44 bits per heavy atom. The van der Waals surface area contributed by atoms with Gasteiger partial charge in [0.1, 0.15) is 0 Å². The van der Waals surface area contributed by atoms with Crippen LogP contribution in [-0.4, -0.2) is 6.54 Å². The third-order valence-corrected chi connectivity index (χ3v) is 3.47. The number of rotatable bonds is 9. The molecule has 0 aliphatic carbocycles. The van der Waals surface area contributed by atoms with Crippen LogP contribution in [0.1, 0.15) is 63.3 Å². The van der Waals surface area contributed by atoms with E-state index in [1.807, 2.05) is 13.0 Å². The van der Waals surface area contributed by atoms with E-state index in [0.29, 0.717) is 0 Å². The van der Waals surface area contributed by atoms with E-state index in [-0.39, 0.29) is 5.38 Å². The second-order valence-corrected chi connectivity index (χ2v) is 5.55. The van der Waals surface area contributed by atoms with Gasteiger partial charge in [-0.15, -0.1) is 11.6 Å². The van der Waals surface area contributed by atoms with E-state index < -0.39 is 0 Å². The second-order valence-electron chi connectivity index (χ2n) is 4.90. The molecule has 102 valence electrons. The molecule has 0 aliphatic heterocycles. The van der Waals surface area contributed by atoms with Crippen LogP contribution in [0.15, 0.2) is 24.3 Å². The molecule has 0 amide bonds. The Morgan fingerprint density at radius 1 is 1.06 bits per heavy atom. The molecule has 0 saturated heterocycles. The fraction of sp³-hybridized carbons (Fsp3) is 0.625. The molecule has 1 rings (SSSR count). The summed E-state index contributed by atoms with van der Waals surface area (Å²) in [5.74, 6) is 0. The SMILES string of the molecule is CCCCCCCCNc1ccccc1C(C)Cl. The maximum atomic E-state index is 6.17. The standard InChI is InChI=1S/C16H26ClN/c1-3-4-5-6-7-10-13-18-16-12-9-8-11-15(16)14(2)17/h8-9,11-12,14,18H,3-7,10,13H2,1-2H3. The van der Waals surface area contributed by atoms with E-state index in [0.717, 1.165) is 6.54 Å². The van der Waals surface area contributed by atoms with Gasteiger partial charge in [-0.3, -0.25) is 0 Å². The van der Waals surface area contributed by atoms with Crippen molar-refractivity contribution < 1.29 is 0 Å². The van der Waals surface area contributed by atoms with Crippen LogP contribution in [0, 0.1) is 0 Å². The molecule has 0 spiro atoms.